The predicted molar refractivity (Wildman–Crippen MR) is 70.9 cm³/mol. The van der Waals surface area contributed by atoms with Crippen LogP contribution in [0.25, 0.3) is 0 Å². The van der Waals surface area contributed by atoms with Gasteiger partial charge in [0.2, 0.25) is 0 Å². The molecule has 0 aliphatic carbocycles. The van der Waals surface area contributed by atoms with E-state index in [1.165, 1.54) is 18.2 Å². The molecule has 21 heavy (non-hydrogen) atoms. The molecular weight excluding hydrogens is 281 g/mol. The van der Waals surface area contributed by atoms with Crippen molar-refractivity contribution in [2.75, 3.05) is 0 Å². The van der Waals surface area contributed by atoms with Crippen molar-refractivity contribution in [3.8, 4) is 11.5 Å². The molecule has 0 amide bonds. The van der Waals surface area contributed by atoms with E-state index in [9.17, 15) is 19.3 Å². The second-order valence-corrected chi connectivity index (χ2v) is 4.19. The van der Waals surface area contributed by atoms with Gasteiger partial charge in [0.05, 0.1) is 17.4 Å². The first-order chi connectivity index (χ1) is 9.95. The molecule has 6 nitrogen and oxygen atoms in total. The summed E-state index contributed by atoms with van der Waals surface area (Å²) in [5, 5.41) is 19.1. The molecular formula is C14H10FNO5. The molecule has 0 heterocycles. The Bertz CT molecular complexity index is 684. The van der Waals surface area contributed by atoms with Crippen LogP contribution in [0, 0.1) is 15.9 Å². The molecule has 0 aromatic heterocycles. The molecule has 0 radical (unpaired) electrons. The molecule has 1 N–H and O–H groups in total. The Balaban J connectivity index is 2.14. The molecule has 0 saturated heterocycles. The van der Waals surface area contributed by atoms with E-state index in [4.69, 9.17) is 9.84 Å². The molecule has 0 bridgehead atoms. The fourth-order valence-electron chi connectivity index (χ4n) is 1.66. The second kappa shape index (κ2) is 6.00. The first-order valence-electron chi connectivity index (χ1n) is 5.88. The summed E-state index contributed by atoms with van der Waals surface area (Å²) in [4.78, 5) is 20.3. The van der Waals surface area contributed by atoms with Crippen LogP contribution < -0.4 is 4.74 Å². The number of hydrogen-bond donors (Lipinski definition) is 1. The van der Waals surface area contributed by atoms with E-state index in [1.54, 1.807) is 12.1 Å². The summed E-state index contributed by atoms with van der Waals surface area (Å²) < 4.78 is 18.9. The molecule has 2 aromatic carbocycles. The van der Waals surface area contributed by atoms with Crippen LogP contribution >= 0.6 is 0 Å². The van der Waals surface area contributed by atoms with E-state index < -0.39 is 16.7 Å². The highest BCUT2D eigenvalue weighted by atomic mass is 19.1. The highest BCUT2D eigenvalue weighted by molar-refractivity contribution is 5.70. The van der Waals surface area contributed by atoms with Crippen LogP contribution in [-0.4, -0.2) is 16.0 Å². The second-order valence-electron chi connectivity index (χ2n) is 4.19. The van der Waals surface area contributed by atoms with Crippen LogP contribution in [0.5, 0.6) is 11.5 Å². The molecule has 7 heteroatoms. The Morgan fingerprint density at radius 3 is 2.43 bits per heavy atom. The quantitative estimate of drug-likeness (QED) is 0.675. The third kappa shape index (κ3) is 3.75. The largest absolute Gasteiger partial charge is 0.481 e. The minimum absolute atomic E-state index is 0.119. The summed E-state index contributed by atoms with van der Waals surface area (Å²) >= 11 is 0. The maximum absolute atomic E-state index is 13.6. The van der Waals surface area contributed by atoms with E-state index in [0.29, 0.717) is 11.3 Å². The Hall–Kier alpha value is -2.96. The van der Waals surface area contributed by atoms with Crippen LogP contribution in [0.3, 0.4) is 0 Å². The van der Waals surface area contributed by atoms with Crippen LogP contribution in [0.2, 0.25) is 0 Å². The van der Waals surface area contributed by atoms with Gasteiger partial charge in [-0.15, -0.1) is 0 Å². The van der Waals surface area contributed by atoms with Gasteiger partial charge in [-0.1, -0.05) is 12.1 Å². The van der Waals surface area contributed by atoms with Gasteiger partial charge < -0.3 is 9.84 Å². The number of carbonyl (C=O) groups is 1. The zero-order chi connectivity index (χ0) is 15.4. The molecule has 0 atom stereocenters. The van der Waals surface area contributed by atoms with Gasteiger partial charge in [-0.3, -0.25) is 14.9 Å². The lowest BCUT2D eigenvalue weighted by molar-refractivity contribution is -0.385. The monoisotopic (exact) mass is 291 g/mol. The summed E-state index contributed by atoms with van der Waals surface area (Å²) in [6.07, 6.45) is -0.119. The number of benzene rings is 2. The fraction of sp³-hybridized carbons (Fsp3) is 0.0714. The minimum Gasteiger partial charge on any atom is -0.481 e. The van der Waals surface area contributed by atoms with Crippen molar-refractivity contribution in [3.05, 3.63) is 64.0 Å². The molecule has 0 unspecified atom stereocenters. The van der Waals surface area contributed by atoms with Gasteiger partial charge in [-0.05, 0) is 23.8 Å². The number of nitro benzene ring substituents is 1. The lowest BCUT2D eigenvalue weighted by Gasteiger charge is -2.07. The topological polar surface area (TPSA) is 89.7 Å². The number of carboxylic acid groups (broad SMARTS) is 1. The molecule has 0 saturated carbocycles. The summed E-state index contributed by atoms with van der Waals surface area (Å²) in [6, 6.07) is 9.17. The van der Waals surface area contributed by atoms with Crippen molar-refractivity contribution in [1.82, 2.24) is 0 Å². The molecule has 2 rings (SSSR count). The fourth-order valence-corrected chi connectivity index (χ4v) is 1.66. The first-order valence-corrected chi connectivity index (χ1v) is 5.88. The average Bonchev–Trinajstić information content (AvgIpc) is 2.42. The number of rotatable bonds is 5. The van der Waals surface area contributed by atoms with Gasteiger partial charge in [0.15, 0.2) is 11.6 Å². The highest BCUT2D eigenvalue weighted by Gasteiger charge is 2.12. The average molecular weight is 291 g/mol. The molecule has 2 aromatic rings. The maximum atomic E-state index is 13.6. The summed E-state index contributed by atoms with van der Waals surface area (Å²) in [5.74, 6) is -1.65. The van der Waals surface area contributed by atoms with Gasteiger partial charge in [0.1, 0.15) is 5.75 Å². The molecule has 0 aliphatic rings. The Morgan fingerprint density at radius 2 is 1.90 bits per heavy atom. The number of aliphatic carboxylic acids is 1. The van der Waals surface area contributed by atoms with Gasteiger partial charge in [-0.2, -0.15) is 0 Å². The SMILES string of the molecule is O=C(O)Cc1ccc(Oc2ccc([N+](=O)[O-])cc2F)cc1. The number of nitrogens with zero attached hydrogens (tertiary/aromatic N) is 1. The Kier molecular flexibility index (Phi) is 4.13. The van der Waals surface area contributed by atoms with Crippen LogP contribution in [0.4, 0.5) is 10.1 Å². The van der Waals surface area contributed by atoms with Crippen molar-refractivity contribution < 1.29 is 24.0 Å². The molecule has 108 valence electrons. The Morgan fingerprint density at radius 1 is 1.24 bits per heavy atom. The Labute approximate surface area is 118 Å². The first kappa shape index (κ1) is 14.4. The third-order valence-electron chi connectivity index (χ3n) is 2.63. The van der Waals surface area contributed by atoms with Crippen molar-refractivity contribution in [2.24, 2.45) is 0 Å². The summed E-state index contributed by atoms with van der Waals surface area (Å²) in [5.41, 5.74) is 0.218. The molecule has 0 aliphatic heterocycles. The molecule has 0 spiro atoms. The molecule has 0 fully saturated rings. The number of ether oxygens (including phenoxy) is 1. The number of hydrogen-bond acceptors (Lipinski definition) is 4. The van der Waals surface area contributed by atoms with Crippen molar-refractivity contribution >= 4 is 11.7 Å². The van der Waals surface area contributed by atoms with Gasteiger partial charge in [-0.25, -0.2) is 4.39 Å². The van der Waals surface area contributed by atoms with Crippen molar-refractivity contribution in [1.29, 1.82) is 0 Å². The number of non-ortho nitro benzene ring substituents is 1. The van der Waals surface area contributed by atoms with Crippen molar-refractivity contribution in [3.63, 3.8) is 0 Å². The highest BCUT2D eigenvalue weighted by Crippen LogP contribution is 2.27. The standard InChI is InChI=1S/C14H10FNO5/c15-12-8-10(16(19)20)3-6-13(12)21-11-4-1-9(2-5-11)7-14(17)18/h1-6,8H,7H2,(H,17,18). The van der Waals surface area contributed by atoms with E-state index in [2.05, 4.69) is 0 Å². The number of carboxylic acids is 1. The van der Waals surface area contributed by atoms with Gasteiger partial charge >= 0.3 is 5.97 Å². The zero-order valence-electron chi connectivity index (χ0n) is 10.7. The number of halogens is 1. The summed E-state index contributed by atoms with van der Waals surface area (Å²) in [7, 11) is 0. The smallest absolute Gasteiger partial charge is 0.307 e. The maximum Gasteiger partial charge on any atom is 0.307 e. The van der Waals surface area contributed by atoms with Crippen LogP contribution in [0.15, 0.2) is 42.5 Å². The van der Waals surface area contributed by atoms with E-state index in [1.807, 2.05) is 0 Å². The van der Waals surface area contributed by atoms with E-state index in [-0.39, 0.29) is 17.9 Å². The predicted octanol–water partition coefficient (Wildman–Crippen LogP) is 3.15. The van der Waals surface area contributed by atoms with E-state index >= 15 is 0 Å². The summed E-state index contributed by atoms with van der Waals surface area (Å²) in [6.45, 7) is 0. The zero-order valence-corrected chi connectivity index (χ0v) is 10.7. The number of nitro groups is 1. The lowest BCUT2D eigenvalue weighted by atomic mass is 10.1. The normalized spacial score (nSPS) is 10.1. The third-order valence-corrected chi connectivity index (χ3v) is 2.63. The van der Waals surface area contributed by atoms with Gasteiger partial charge in [0, 0.05) is 6.07 Å². The van der Waals surface area contributed by atoms with Crippen molar-refractivity contribution in [2.45, 2.75) is 6.42 Å². The van der Waals surface area contributed by atoms with Gasteiger partial charge in [0.25, 0.3) is 5.69 Å². The lowest BCUT2D eigenvalue weighted by Crippen LogP contribution is -1.99. The van der Waals surface area contributed by atoms with Crippen LogP contribution in [0.1, 0.15) is 5.56 Å². The van der Waals surface area contributed by atoms with Crippen LogP contribution in [-0.2, 0) is 11.2 Å². The minimum atomic E-state index is -0.954. The van der Waals surface area contributed by atoms with E-state index in [0.717, 1.165) is 12.1 Å².